The first kappa shape index (κ1) is 14.4. The Morgan fingerprint density at radius 3 is 2.67 bits per heavy atom. The van der Waals surface area contributed by atoms with Gasteiger partial charge >= 0.3 is 0 Å². The fourth-order valence-corrected chi connectivity index (χ4v) is 1.51. The Morgan fingerprint density at radius 1 is 1.50 bits per heavy atom. The number of nitrogens with two attached hydrogens (primary N) is 1. The summed E-state index contributed by atoms with van der Waals surface area (Å²) < 4.78 is 31.7. The second-order valence-electron chi connectivity index (χ2n) is 4.08. The molecule has 0 saturated heterocycles. The van der Waals surface area contributed by atoms with E-state index in [1.165, 1.54) is 19.1 Å². The van der Waals surface area contributed by atoms with E-state index in [1.807, 2.05) is 0 Å². The molecule has 0 saturated carbocycles. The number of methoxy groups -OCH3 is 1. The first-order valence-electron chi connectivity index (χ1n) is 5.39. The number of hydrogen-bond donors (Lipinski definition) is 1. The van der Waals surface area contributed by atoms with E-state index in [-0.39, 0.29) is 17.3 Å². The van der Waals surface area contributed by atoms with Crippen molar-refractivity contribution in [3.63, 3.8) is 0 Å². The monoisotopic (exact) mass is 258 g/mol. The van der Waals surface area contributed by atoms with E-state index < -0.39 is 17.5 Å². The van der Waals surface area contributed by atoms with E-state index in [1.54, 1.807) is 6.92 Å². The maximum atomic E-state index is 13.7. The number of hydrogen-bond acceptors (Lipinski definition) is 3. The summed E-state index contributed by atoms with van der Waals surface area (Å²) in [7, 11) is 2.99. The highest BCUT2D eigenvalue weighted by atomic mass is 19.1. The molecule has 0 spiro atoms. The van der Waals surface area contributed by atoms with Crippen LogP contribution in [0.3, 0.4) is 0 Å². The molecule has 100 valence electrons. The van der Waals surface area contributed by atoms with Gasteiger partial charge in [0.15, 0.2) is 5.82 Å². The number of amides is 1. The highest BCUT2D eigenvalue weighted by molar-refractivity contribution is 5.95. The van der Waals surface area contributed by atoms with Gasteiger partial charge < -0.3 is 15.4 Å². The fraction of sp³-hybridized carbons (Fsp3) is 0.417. The van der Waals surface area contributed by atoms with Crippen molar-refractivity contribution in [1.29, 1.82) is 0 Å². The van der Waals surface area contributed by atoms with Gasteiger partial charge in [0.25, 0.3) is 5.91 Å². The van der Waals surface area contributed by atoms with Crippen molar-refractivity contribution in [3.05, 3.63) is 29.3 Å². The maximum Gasteiger partial charge on any atom is 0.257 e. The second-order valence-corrected chi connectivity index (χ2v) is 4.08. The lowest BCUT2D eigenvalue weighted by Crippen LogP contribution is -2.38. The summed E-state index contributed by atoms with van der Waals surface area (Å²) in [4.78, 5) is 13.3. The zero-order valence-corrected chi connectivity index (χ0v) is 10.5. The molecule has 1 amide bonds. The van der Waals surface area contributed by atoms with Gasteiger partial charge in [0.05, 0.1) is 23.9 Å². The lowest BCUT2D eigenvalue weighted by atomic mass is 10.1. The van der Waals surface area contributed by atoms with Crippen molar-refractivity contribution >= 4 is 11.6 Å². The molecule has 1 aromatic carbocycles. The number of benzene rings is 1. The van der Waals surface area contributed by atoms with Crippen LogP contribution in [0.15, 0.2) is 12.1 Å². The zero-order valence-electron chi connectivity index (χ0n) is 10.5. The summed E-state index contributed by atoms with van der Waals surface area (Å²) in [5.74, 6) is -2.29. The Balaban J connectivity index is 3.04. The van der Waals surface area contributed by atoms with Gasteiger partial charge in [-0.15, -0.1) is 0 Å². The molecule has 0 heterocycles. The van der Waals surface area contributed by atoms with Crippen molar-refractivity contribution in [3.8, 4) is 0 Å². The van der Waals surface area contributed by atoms with Gasteiger partial charge in [-0.25, -0.2) is 8.78 Å². The van der Waals surface area contributed by atoms with E-state index in [9.17, 15) is 13.6 Å². The minimum atomic E-state index is -0.905. The molecule has 0 aliphatic heterocycles. The Hall–Kier alpha value is -1.69. The number of nitrogens with zero attached hydrogens (tertiary/aromatic N) is 1. The Morgan fingerprint density at radius 2 is 2.11 bits per heavy atom. The predicted molar refractivity (Wildman–Crippen MR) is 64.2 cm³/mol. The van der Waals surface area contributed by atoms with Crippen LogP contribution >= 0.6 is 0 Å². The maximum absolute atomic E-state index is 13.7. The molecule has 2 N–H and O–H groups in total. The summed E-state index contributed by atoms with van der Waals surface area (Å²) in [5.41, 5.74) is 4.52. The van der Waals surface area contributed by atoms with Crippen molar-refractivity contribution in [1.82, 2.24) is 4.90 Å². The molecule has 0 aromatic heterocycles. The van der Waals surface area contributed by atoms with Crippen molar-refractivity contribution in [2.75, 3.05) is 26.5 Å². The van der Waals surface area contributed by atoms with Crippen molar-refractivity contribution in [2.45, 2.75) is 13.0 Å². The van der Waals surface area contributed by atoms with Crippen LogP contribution in [0.25, 0.3) is 0 Å². The third kappa shape index (κ3) is 2.95. The minimum absolute atomic E-state index is 0.258. The molecule has 1 unspecified atom stereocenters. The van der Waals surface area contributed by atoms with Gasteiger partial charge in [-0.2, -0.15) is 0 Å². The third-order valence-electron chi connectivity index (χ3n) is 2.69. The molecule has 1 atom stereocenters. The average Bonchev–Trinajstić information content (AvgIpc) is 2.32. The van der Waals surface area contributed by atoms with Crippen LogP contribution in [0.2, 0.25) is 0 Å². The van der Waals surface area contributed by atoms with Gasteiger partial charge in [0, 0.05) is 14.2 Å². The van der Waals surface area contributed by atoms with Crippen LogP contribution < -0.4 is 5.73 Å². The number of anilines is 1. The van der Waals surface area contributed by atoms with Crippen LogP contribution in [-0.2, 0) is 4.74 Å². The van der Waals surface area contributed by atoms with Crippen LogP contribution in [-0.4, -0.2) is 37.6 Å². The average molecular weight is 258 g/mol. The van der Waals surface area contributed by atoms with E-state index in [0.29, 0.717) is 6.61 Å². The predicted octanol–water partition coefficient (Wildman–Crippen LogP) is 1.65. The Labute approximate surface area is 104 Å². The van der Waals surface area contributed by atoms with Crippen LogP contribution in [0, 0.1) is 11.6 Å². The van der Waals surface area contributed by atoms with Crippen LogP contribution in [0.5, 0.6) is 0 Å². The summed E-state index contributed by atoms with van der Waals surface area (Å²) in [6, 6.07) is 1.42. The normalized spacial score (nSPS) is 12.3. The molecule has 6 heteroatoms. The standard InChI is InChI=1S/C12H16F2N2O2/c1-7(6-18-3)16(2)12(17)9-4-8(13)5-10(15)11(9)14/h4-5,7H,6,15H2,1-3H3. The van der Waals surface area contributed by atoms with Gasteiger partial charge in [-0.05, 0) is 19.1 Å². The molecular formula is C12H16F2N2O2. The number of carbonyl (C=O) groups excluding carboxylic acids is 1. The molecule has 0 radical (unpaired) electrons. The van der Waals surface area contributed by atoms with Gasteiger partial charge in [-0.1, -0.05) is 0 Å². The second kappa shape index (κ2) is 5.77. The molecule has 0 aliphatic rings. The molecular weight excluding hydrogens is 242 g/mol. The SMILES string of the molecule is COCC(C)N(C)C(=O)c1cc(F)cc(N)c1F. The summed E-state index contributed by atoms with van der Waals surface area (Å²) >= 11 is 0. The highest BCUT2D eigenvalue weighted by Crippen LogP contribution is 2.19. The number of likely N-dealkylation sites (N-methyl/N-ethyl adjacent to an activating group) is 1. The van der Waals surface area contributed by atoms with E-state index in [4.69, 9.17) is 10.5 Å². The fourth-order valence-electron chi connectivity index (χ4n) is 1.51. The molecule has 18 heavy (non-hydrogen) atoms. The van der Waals surface area contributed by atoms with Gasteiger partial charge in [-0.3, -0.25) is 4.79 Å². The van der Waals surface area contributed by atoms with Gasteiger partial charge in [0.1, 0.15) is 5.82 Å². The van der Waals surface area contributed by atoms with Gasteiger partial charge in [0.2, 0.25) is 0 Å². The number of ether oxygens (including phenoxy) is 1. The van der Waals surface area contributed by atoms with E-state index in [0.717, 1.165) is 12.1 Å². The zero-order chi connectivity index (χ0) is 13.9. The Kier molecular flexibility index (Phi) is 4.61. The summed E-state index contributed by atoms with van der Waals surface area (Å²) in [6.45, 7) is 2.04. The number of nitrogen functional groups attached to an aromatic ring is 1. The minimum Gasteiger partial charge on any atom is -0.396 e. The summed E-state index contributed by atoms with van der Waals surface area (Å²) in [6.07, 6.45) is 0. The smallest absolute Gasteiger partial charge is 0.257 e. The quantitative estimate of drug-likeness (QED) is 0.835. The van der Waals surface area contributed by atoms with E-state index in [2.05, 4.69) is 0 Å². The number of carbonyl (C=O) groups is 1. The number of halogens is 2. The lowest BCUT2D eigenvalue weighted by Gasteiger charge is -2.24. The summed E-state index contributed by atoms with van der Waals surface area (Å²) in [5, 5.41) is 0. The molecule has 4 nitrogen and oxygen atoms in total. The molecule has 0 aliphatic carbocycles. The Bertz CT molecular complexity index is 452. The molecule has 0 fully saturated rings. The van der Waals surface area contributed by atoms with Crippen molar-refractivity contribution < 1.29 is 18.3 Å². The first-order valence-corrected chi connectivity index (χ1v) is 5.39. The first-order chi connectivity index (χ1) is 8.38. The molecule has 1 rings (SSSR count). The molecule has 0 bridgehead atoms. The third-order valence-corrected chi connectivity index (χ3v) is 2.69. The lowest BCUT2D eigenvalue weighted by molar-refractivity contribution is 0.0629. The van der Waals surface area contributed by atoms with Crippen LogP contribution in [0.1, 0.15) is 17.3 Å². The van der Waals surface area contributed by atoms with Crippen LogP contribution in [0.4, 0.5) is 14.5 Å². The topological polar surface area (TPSA) is 55.6 Å². The van der Waals surface area contributed by atoms with E-state index >= 15 is 0 Å². The largest absolute Gasteiger partial charge is 0.396 e. The number of rotatable bonds is 4. The highest BCUT2D eigenvalue weighted by Gasteiger charge is 2.22. The molecule has 1 aromatic rings. The van der Waals surface area contributed by atoms with Crippen molar-refractivity contribution in [2.24, 2.45) is 0 Å².